The molecule has 0 saturated carbocycles. The Morgan fingerprint density at radius 3 is 2.48 bits per heavy atom. The monoisotopic (exact) mass is 447 g/mol. The van der Waals surface area contributed by atoms with Crippen LogP contribution in [0.1, 0.15) is 47.2 Å². The average Bonchev–Trinajstić information content (AvgIpc) is 3.09. The summed E-state index contributed by atoms with van der Waals surface area (Å²) in [6.45, 7) is 4.47. The van der Waals surface area contributed by atoms with Crippen molar-refractivity contribution >= 4 is 39.7 Å². The molecule has 2 aromatic heterocycles. The van der Waals surface area contributed by atoms with Crippen molar-refractivity contribution in [3.63, 3.8) is 0 Å². The van der Waals surface area contributed by atoms with Crippen LogP contribution in [-0.2, 0) is 16.0 Å². The summed E-state index contributed by atoms with van der Waals surface area (Å²) in [6, 6.07) is 13.2. The third kappa shape index (κ3) is 4.15. The van der Waals surface area contributed by atoms with Gasteiger partial charge in [-0.1, -0.05) is 18.2 Å². The summed E-state index contributed by atoms with van der Waals surface area (Å²) in [5, 5.41) is 1.26. The number of esters is 2. The van der Waals surface area contributed by atoms with Crippen LogP contribution in [-0.4, -0.2) is 29.0 Å². The van der Waals surface area contributed by atoms with E-state index in [0.717, 1.165) is 0 Å². The lowest BCUT2D eigenvalue weighted by Gasteiger charge is -2.12. The molecule has 2 heterocycles. The molecule has 33 heavy (non-hydrogen) atoms. The van der Waals surface area contributed by atoms with Gasteiger partial charge in [-0.05, 0) is 36.8 Å². The molecule has 0 aliphatic carbocycles. The van der Waals surface area contributed by atoms with Crippen molar-refractivity contribution < 1.29 is 28.3 Å². The number of para-hydroxylation sites is 1. The lowest BCUT2D eigenvalue weighted by Crippen LogP contribution is -2.18. The molecule has 0 bridgehead atoms. The van der Waals surface area contributed by atoms with Crippen LogP contribution in [0.4, 0.5) is 0 Å². The molecule has 0 radical (unpaired) electrons. The quantitative estimate of drug-likeness (QED) is 0.258. The van der Waals surface area contributed by atoms with Crippen molar-refractivity contribution in [3.8, 4) is 5.75 Å². The minimum atomic E-state index is -0.639. The van der Waals surface area contributed by atoms with Gasteiger partial charge < -0.3 is 13.9 Å². The molecule has 4 rings (SSSR count). The minimum absolute atomic E-state index is 0.105. The van der Waals surface area contributed by atoms with Crippen molar-refractivity contribution in [1.82, 2.24) is 4.57 Å². The largest absolute Gasteiger partial charge is 0.461 e. The van der Waals surface area contributed by atoms with Crippen LogP contribution in [0.3, 0.4) is 0 Å². The first-order valence-corrected chi connectivity index (χ1v) is 10.4. The maximum absolute atomic E-state index is 12.9. The summed E-state index contributed by atoms with van der Waals surface area (Å²) in [4.78, 5) is 48.9. The lowest BCUT2D eigenvalue weighted by molar-refractivity contribution is -0.131. The molecule has 0 fully saturated rings. The van der Waals surface area contributed by atoms with E-state index in [1.165, 1.54) is 24.5 Å². The highest BCUT2D eigenvalue weighted by Gasteiger charge is 2.27. The molecule has 2 aromatic carbocycles. The van der Waals surface area contributed by atoms with Gasteiger partial charge in [-0.2, -0.15) is 0 Å². The minimum Gasteiger partial charge on any atom is -0.461 e. The number of hydrogen-bond acceptors (Lipinski definition) is 7. The smallest absolute Gasteiger partial charge is 0.355 e. The van der Waals surface area contributed by atoms with Crippen LogP contribution < -0.4 is 10.4 Å². The Bertz CT molecular complexity index is 1480. The van der Waals surface area contributed by atoms with Gasteiger partial charge in [0.25, 0.3) is 0 Å². The molecule has 0 aliphatic heterocycles. The second-order valence-electron chi connectivity index (χ2n) is 7.44. The highest BCUT2D eigenvalue weighted by molar-refractivity contribution is 6.05. The number of ether oxygens (including phenoxy) is 2. The van der Waals surface area contributed by atoms with Crippen LogP contribution in [0.25, 0.3) is 21.9 Å². The molecule has 0 atom stereocenters. The Balaban J connectivity index is 1.99. The summed E-state index contributed by atoms with van der Waals surface area (Å²) >= 11 is 0. The first kappa shape index (κ1) is 22.0. The molecule has 0 aliphatic rings. The van der Waals surface area contributed by atoms with Gasteiger partial charge >= 0.3 is 17.6 Å². The fourth-order valence-corrected chi connectivity index (χ4v) is 3.94. The number of hydrogen-bond donors (Lipinski definition) is 0. The third-order valence-electron chi connectivity index (χ3n) is 5.19. The van der Waals surface area contributed by atoms with Crippen LogP contribution in [0.15, 0.2) is 57.7 Å². The second kappa shape index (κ2) is 8.74. The van der Waals surface area contributed by atoms with Crippen molar-refractivity contribution in [2.24, 2.45) is 0 Å². The Morgan fingerprint density at radius 2 is 1.79 bits per heavy atom. The summed E-state index contributed by atoms with van der Waals surface area (Å²) in [5.41, 5.74) is 1.49. The summed E-state index contributed by atoms with van der Waals surface area (Å²) in [7, 11) is 0. The molecule has 4 aromatic rings. The van der Waals surface area contributed by atoms with Crippen molar-refractivity contribution in [3.05, 3.63) is 75.8 Å². The van der Waals surface area contributed by atoms with Gasteiger partial charge in [0.15, 0.2) is 0 Å². The number of fused-ring (bicyclic) bond motifs is 2. The number of carbonyl (C=O) groups is 3. The number of rotatable bonds is 5. The topological polar surface area (TPSA) is 105 Å². The number of carbonyl (C=O) groups excluding carboxylic acids is 3. The zero-order valence-corrected chi connectivity index (χ0v) is 18.3. The number of benzene rings is 2. The predicted octanol–water partition coefficient (Wildman–Crippen LogP) is 4.10. The van der Waals surface area contributed by atoms with Gasteiger partial charge in [0.2, 0.25) is 5.91 Å². The third-order valence-corrected chi connectivity index (χ3v) is 5.19. The first-order valence-electron chi connectivity index (χ1n) is 10.4. The van der Waals surface area contributed by atoms with E-state index < -0.39 is 17.6 Å². The van der Waals surface area contributed by atoms with E-state index in [-0.39, 0.29) is 30.4 Å². The number of aromatic nitrogens is 1. The van der Waals surface area contributed by atoms with Crippen LogP contribution in [0.2, 0.25) is 0 Å². The molecule has 168 valence electrons. The molecule has 0 amide bonds. The molecule has 8 nitrogen and oxygen atoms in total. The Kier molecular flexibility index (Phi) is 5.83. The summed E-state index contributed by atoms with van der Waals surface area (Å²) < 4.78 is 17.3. The van der Waals surface area contributed by atoms with Gasteiger partial charge in [0.1, 0.15) is 17.0 Å². The maximum Gasteiger partial charge on any atom is 0.355 e. The fourth-order valence-electron chi connectivity index (χ4n) is 3.94. The predicted molar refractivity (Wildman–Crippen MR) is 121 cm³/mol. The summed E-state index contributed by atoms with van der Waals surface area (Å²) in [5.74, 6) is -1.24. The van der Waals surface area contributed by atoms with Gasteiger partial charge in [-0.25, -0.2) is 9.59 Å². The number of nitrogens with zero attached hydrogens (tertiary/aromatic N) is 1. The average molecular weight is 447 g/mol. The normalized spacial score (nSPS) is 11.0. The molecular formula is C25H21NO7. The highest BCUT2D eigenvalue weighted by atomic mass is 16.5. The SMILES string of the molecule is CCOC(=O)c1c(Cc2cc3oc(=O)ccc3cc2OC(C)=O)c2ccccc2n1C(C)=O. The van der Waals surface area contributed by atoms with Crippen molar-refractivity contribution in [2.45, 2.75) is 27.2 Å². The van der Waals surface area contributed by atoms with E-state index in [2.05, 4.69) is 0 Å². The van der Waals surface area contributed by atoms with E-state index >= 15 is 0 Å². The zero-order chi connectivity index (χ0) is 23.7. The lowest BCUT2D eigenvalue weighted by atomic mass is 9.99. The maximum atomic E-state index is 12.9. The Labute approximate surface area is 188 Å². The molecule has 8 heteroatoms. The molecule has 0 unspecified atom stereocenters. The molecule has 0 N–H and O–H groups in total. The van der Waals surface area contributed by atoms with Crippen LogP contribution in [0.5, 0.6) is 5.75 Å². The molecule has 0 spiro atoms. The first-order chi connectivity index (χ1) is 15.8. The van der Waals surface area contributed by atoms with Crippen LogP contribution in [0, 0.1) is 0 Å². The van der Waals surface area contributed by atoms with E-state index in [4.69, 9.17) is 13.9 Å². The Morgan fingerprint density at radius 1 is 1.03 bits per heavy atom. The van der Waals surface area contributed by atoms with E-state index in [0.29, 0.717) is 33.0 Å². The van der Waals surface area contributed by atoms with E-state index in [9.17, 15) is 19.2 Å². The Hall–Kier alpha value is -4.20. The van der Waals surface area contributed by atoms with E-state index in [1.54, 1.807) is 49.4 Å². The molecule has 0 saturated heterocycles. The van der Waals surface area contributed by atoms with Gasteiger partial charge in [-0.15, -0.1) is 0 Å². The zero-order valence-electron chi connectivity index (χ0n) is 18.3. The summed E-state index contributed by atoms with van der Waals surface area (Å²) in [6.07, 6.45) is 0.117. The molecular weight excluding hydrogens is 426 g/mol. The second-order valence-corrected chi connectivity index (χ2v) is 7.44. The standard InChI is InChI=1S/C25H21NO7/c1-4-31-25(30)24-19(18-7-5-6-8-20(18)26(24)14(2)27)11-17-13-21-16(9-10-23(29)33-21)12-22(17)32-15(3)28/h5-10,12-13H,4,11H2,1-3H3. The van der Waals surface area contributed by atoms with Gasteiger partial charge in [-0.3, -0.25) is 14.2 Å². The van der Waals surface area contributed by atoms with Crippen molar-refractivity contribution in [2.75, 3.05) is 6.61 Å². The fraction of sp³-hybridized carbons (Fsp3) is 0.200. The van der Waals surface area contributed by atoms with Crippen LogP contribution >= 0.6 is 0 Å². The van der Waals surface area contributed by atoms with E-state index in [1.807, 2.05) is 0 Å². The van der Waals surface area contributed by atoms with Gasteiger partial charge in [0, 0.05) is 42.7 Å². The highest BCUT2D eigenvalue weighted by Crippen LogP contribution is 2.33. The van der Waals surface area contributed by atoms with Gasteiger partial charge in [0.05, 0.1) is 12.1 Å². The van der Waals surface area contributed by atoms with Crippen molar-refractivity contribution in [1.29, 1.82) is 0 Å².